The minimum Gasteiger partial charge on any atom is -0.347 e. The molecule has 5 heteroatoms. The van der Waals surface area contributed by atoms with Gasteiger partial charge in [0.2, 0.25) is 5.91 Å². The molecule has 1 aliphatic rings. The first-order chi connectivity index (χ1) is 11.5. The molecule has 2 amide bonds. The topological polar surface area (TPSA) is 58.2 Å². The van der Waals surface area contributed by atoms with Crippen LogP contribution in [0, 0.1) is 6.92 Å². The highest BCUT2D eigenvalue weighted by atomic mass is 35.5. The van der Waals surface area contributed by atoms with Crippen LogP contribution in [-0.2, 0) is 4.79 Å². The molecule has 0 radical (unpaired) electrons. The van der Waals surface area contributed by atoms with Crippen molar-refractivity contribution in [3.8, 4) is 0 Å². The lowest BCUT2D eigenvalue weighted by Gasteiger charge is -2.33. The minimum atomic E-state index is -0.238. The number of piperidine rings is 1. The van der Waals surface area contributed by atoms with Gasteiger partial charge in [-0.1, -0.05) is 53.6 Å². The molecule has 2 aromatic carbocycles. The molecule has 2 atom stereocenters. The van der Waals surface area contributed by atoms with Crippen LogP contribution in [0.15, 0.2) is 48.5 Å². The standard InChI is InChI=1S/C19H19ClN2O2/c1-12-6-8-13(9-7-12)18-16(10-11-17(23)22-18)21-19(24)14-4-2-3-5-15(14)20/h2-9,16,18H,10-11H2,1H3,(H,21,24)(H,22,23)/t16-,18-/m1/s1. The van der Waals surface area contributed by atoms with Crippen molar-refractivity contribution in [3.63, 3.8) is 0 Å². The zero-order valence-electron chi connectivity index (χ0n) is 13.4. The van der Waals surface area contributed by atoms with E-state index in [9.17, 15) is 9.59 Å². The van der Waals surface area contributed by atoms with E-state index in [2.05, 4.69) is 10.6 Å². The average Bonchev–Trinajstić information content (AvgIpc) is 2.57. The zero-order valence-corrected chi connectivity index (χ0v) is 14.1. The van der Waals surface area contributed by atoms with E-state index in [4.69, 9.17) is 11.6 Å². The summed E-state index contributed by atoms with van der Waals surface area (Å²) in [5, 5.41) is 6.43. The van der Waals surface area contributed by atoms with E-state index in [1.165, 1.54) is 0 Å². The number of hydrogen-bond acceptors (Lipinski definition) is 2. The van der Waals surface area contributed by atoms with Gasteiger partial charge >= 0.3 is 0 Å². The summed E-state index contributed by atoms with van der Waals surface area (Å²) in [6, 6.07) is 14.5. The van der Waals surface area contributed by atoms with Gasteiger partial charge in [0.1, 0.15) is 0 Å². The highest BCUT2D eigenvalue weighted by molar-refractivity contribution is 6.33. The summed E-state index contributed by atoms with van der Waals surface area (Å²) in [5.74, 6) is -0.220. The van der Waals surface area contributed by atoms with Crippen LogP contribution in [0.4, 0.5) is 0 Å². The second-order valence-electron chi connectivity index (χ2n) is 6.05. The molecule has 1 fully saturated rings. The van der Waals surface area contributed by atoms with Gasteiger partial charge in [0.15, 0.2) is 0 Å². The van der Waals surface area contributed by atoms with Crippen molar-refractivity contribution in [1.29, 1.82) is 0 Å². The minimum absolute atomic E-state index is 0.00353. The molecule has 0 aromatic heterocycles. The van der Waals surface area contributed by atoms with Gasteiger partial charge in [-0.2, -0.15) is 0 Å². The first-order valence-corrected chi connectivity index (χ1v) is 8.34. The van der Waals surface area contributed by atoms with Crippen molar-refractivity contribution in [2.45, 2.75) is 31.8 Å². The van der Waals surface area contributed by atoms with Crippen molar-refractivity contribution in [1.82, 2.24) is 10.6 Å². The summed E-state index contributed by atoms with van der Waals surface area (Å²) >= 11 is 6.10. The van der Waals surface area contributed by atoms with E-state index >= 15 is 0 Å². The Kier molecular flexibility index (Phi) is 4.86. The highest BCUT2D eigenvalue weighted by Crippen LogP contribution is 2.25. The number of nitrogens with one attached hydrogen (secondary N) is 2. The van der Waals surface area contributed by atoms with Crippen molar-refractivity contribution >= 4 is 23.4 Å². The summed E-state index contributed by atoms with van der Waals surface area (Å²) in [6.07, 6.45) is 0.996. The molecule has 1 saturated heterocycles. The SMILES string of the molecule is Cc1ccc([C@H]2NC(=O)CC[C@H]2NC(=O)c2ccccc2Cl)cc1. The number of benzene rings is 2. The molecule has 0 bridgehead atoms. The number of carbonyl (C=O) groups excluding carboxylic acids is 2. The third-order valence-corrected chi connectivity index (χ3v) is 4.60. The molecule has 2 aromatic rings. The summed E-state index contributed by atoms with van der Waals surface area (Å²) < 4.78 is 0. The van der Waals surface area contributed by atoms with Gasteiger partial charge in [-0.05, 0) is 31.0 Å². The van der Waals surface area contributed by atoms with Gasteiger partial charge in [-0.3, -0.25) is 9.59 Å². The Morgan fingerprint density at radius 2 is 1.88 bits per heavy atom. The molecule has 1 aliphatic heterocycles. The van der Waals surface area contributed by atoms with Crippen LogP contribution in [0.2, 0.25) is 5.02 Å². The molecule has 3 rings (SSSR count). The fourth-order valence-corrected chi connectivity index (χ4v) is 3.16. The molecule has 4 nitrogen and oxygen atoms in total. The Labute approximate surface area is 146 Å². The number of halogens is 1. The van der Waals surface area contributed by atoms with Gasteiger partial charge < -0.3 is 10.6 Å². The summed E-state index contributed by atoms with van der Waals surface area (Å²) in [5.41, 5.74) is 2.58. The maximum Gasteiger partial charge on any atom is 0.253 e. The normalized spacial score (nSPS) is 20.3. The number of aryl methyl sites for hydroxylation is 1. The van der Waals surface area contributed by atoms with E-state index < -0.39 is 0 Å². The lowest BCUT2D eigenvalue weighted by atomic mass is 9.91. The smallest absolute Gasteiger partial charge is 0.253 e. The molecular formula is C19H19ClN2O2. The maximum absolute atomic E-state index is 12.5. The number of carbonyl (C=O) groups is 2. The van der Waals surface area contributed by atoms with Crippen LogP contribution >= 0.6 is 11.6 Å². The van der Waals surface area contributed by atoms with E-state index in [1.807, 2.05) is 31.2 Å². The maximum atomic E-state index is 12.5. The fourth-order valence-electron chi connectivity index (χ4n) is 2.94. The first-order valence-electron chi connectivity index (χ1n) is 7.96. The van der Waals surface area contributed by atoms with Crippen LogP contribution in [0.1, 0.15) is 40.4 Å². The van der Waals surface area contributed by atoms with Crippen molar-refractivity contribution in [2.24, 2.45) is 0 Å². The lowest BCUT2D eigenvalue weighted by Crippen LogP contribution is -2.50. The Morgan fingerprint density at radius 1 is 1.17 bits per heavy atom. The number of amides is 2. The monoisotopic (exact) mass is 342 g/mol. The predicted octanol–water partition coefficient (Wildman–Crippen LogP) is 3.40. The van der Waals surface area contributed by atoms with Gasteiger partial charge in [0, 0.05) is 6.42 Å². The Balaban J connectivity index is 1.81. The number of rotatable bonds is 3. The van der Waals surface area contributed by atoms with Crippen LogP contribution < -0.4 is 10.6 Å². The van der Waals surface area contributed by atoms with E-state index in [0.29, 0.717) is 23.4 Å². The Hall–Kier alpha value is -2.33. The molecule has 2 N–H and O–H groups in total. The summed E-state index contributed by atoms with van der Waals surface area (Å²) in [7, 11) is 0. The summed E-state index contributed by atoms with van der Waals surface area (Å²) in [4.78, 5) is 24.4. The molecule has 0 saturated carbocycles. The molecule has 0 spiro atoms. The Morgan fingerprint density at radius 3 is 2.58 bits per heavy atom. The molecule has 0 aliphatic carbocycles. The van der Waals surface area contributed by atoms with Crippen LogP contribution in [-0.4, -0.2) is 17.9 Å². The average molecular weight is 343 g/mol. The van der Waals surface area contributed by atoms with E-state index in [1.54, 1.807) is 24.3 Å². The third-order valence-electron chi connectivity index (χ3n) is 4.27. The van der Waals surface area contributed by atoms with E-state index in [-0.39, 0.29) is 23.9 Å². The molecule has 124 valence electrons. The molecule has 1 heterocycles. The van der Waals surface area contributed by atoms with Crippen molar-refractivity contribution < 1.29 is 9.59 Å². The quantitative estimate of drug-likeness (QED) is 0.898. The molecule has 0 unspecified atom stereocenters. The van der Waals surface area contributed by atoms with Crippen LogP contribution in [0.3, 0.4) is 0 Å². The van der Waals surface area contributed by atoms with Gasteiger partial charge in [-0.15, -0.1) is 0 Å². The van der Waals surface area contributed by atoms with Crippen LogP contribution in [0.25, 0.3) is 0 Å². The second-order valence-corrected chi connectivity index (χ2v) is 6.46. The van der Waals surface area contributed by atoms with Crippen LogP contribution in [0.5, 0.6) is 0 Å². The predicted molar refractivity (Wildman–Crippen MR) is 94.0 cm³/mol. The first kappa shape index (κ1) is 16.5. The van der Waals surface area contributed by atoms with Crippen molar-refractivity contribution in [3.05, 3.63) is 70.2 Å². The number of hydrogen-bond donors (Lipinski definition) is 2. The van der Waals surface area contributed by atoms with Crippen molar-refractivity contribution in [2.75, 3.05) is 0 Å². The van der Waals surface area contributed by atoms with Gasteiger partial charge in [0.25, 0.3) is 5.91 Å². The zero-order chi connectivity index (χ0) is 17.1. The van der Waals surface area contributed by atoms with Gasteiger partial charge in [-0.25, -0.2) is 0 Å². The molecule has 24 heavy (non-hydrogen) atoms. The van der Waals surface area contributed by atoms with Gasteiger partial charge in [0.05, 0.1) is 22.7 Å². The highest BCUT2D eigenvalue weighted by Gasteiger charge is 2.31. The third kappa shape index (κ3) is 3.60. The summed E-state index contributed by atoms with van der Waals surface area (Å²) in [6.45, 7) is 2.01. The molecular weight excluding hydrogens is 324 g/mol. The van der Waals surface area contributed by atoms with E-state index in [0.717, 1.165) is 11.1 Å². The fraction of sp³-hybridized carbons (Fsp3) is 0.263. The Bertz CT molecular complexity index is 758. The second kappa shape index (κ2) is 7.05. The largest absolute Gasteiger partial charge is 0.347 e. The lowest BCUT2D eigenvalue weighted by molar-refractivity contribution is -0.123.